The molecule has 1 aromatic heterocycles. The van der Waals surface area contributed by atoms with Gasteiger partial charge in [0.25, 0.3) is 0 Å². The molecule has 2 heterocycles. The molecule has 5 nitrogen and oxygen atoms in total. The minimum atomic E-state index is 0.422. The van der Waals surface area contributed by atoms with Crippen molar-refractivity contribution in [1.82, 2.24) is 19.8 Å². The van der Waals surface area contributed by atoms with E-state index in [0.717, 1.165) is 38.7 Å². The zero-order chi connectivity index (χ0) is 18.9. The number of aryl methyl sites for hydroxylation is 1. The zero-order valence-electron chi connectivity index (χ0n) is 16.9. The van der Waals surface area contributed by atoms with Crippen molar-refractivity contribution < 1.29 is 0 Å². The van der Waals surface area contributed by atoms with Gasteiger partial charge in [0.15, 0.2) is 0 Å². The molecule has 2 aromatic rings. The van der Waals surface area contributed by atoms with Gasteiger partial charge in [-0.25, -0.2) is 9.97 Å². The highest BCUT2D eigenvalue weighted by molar-refractivity contribution is 5.34. The predicted octanol–water partition coefficient (Wildman–Crippen LogP) is 2.70. The van der Waals surface area contributed by atoms with Crippen LogP contribution in [0.15, 0.2) is 36.7 Å². The zero-order valence-corrected chi connectivity index (χ0v) is 16.9. The van der Waals surface area contributed by atoms with Gasteiger partial charge in [0, 0.05) is 76.7 Å². The summed E-state index contributed by atoms with van der Waals surface area (Å²) >= 11 is 0. The molecule has 0 spiro atoms. The van der Waals surface area contributed by atoms with Gasteiger partial charge in [-0.2, -0.15) is 0 Å². The number of aromatic nitrogens is 2. The molecule has 0 N–H and O–H groups in total. The molecule has 1 aromatic carbocycles. The second kappa shape index (κ2) is 7.56. The van der Waals surface area contributed by atoms with E-state index in [1.54, 1.807) is 0 Å². The van der Waals surface area contributed by atoms with Crippen molar-refractivity contribution in [1.29, 1.82) is 0 Å². The first-order chi connectivity index (χ1) is 13.0. The smallest absolute Gasteiger partial charge is 0.224 e. The van der Waals surface area contributed by atoms with Crippen molar-refractivity contribution in [3.63, 3.8) is 0 Å². The fraction of sp³-hybridized carbons (Fsp3) is 0.545. The van der Waals surface area contributed by atoms with Crippen molar-refractivity contribution in [3.8, 4) is 0 Å². The Morgan fingerprint density at radius 1 is 0.926 bits per heavy atom. The lowest BCUT2D eigenvalue weighted by molar-refractivity contribution is 0.119. The molecule has 2 aliphatic rings. The van der Waals surface area contributed by atoms with Gasteiger partial charge >= 0.3 is 0 Å². The molecule has 1 saturated carbocycles. The van der Waals surface area contributed by atoms with Gasteiger partial charge in [-0.15, -0.1) is 0 Å². The Labute approximate surface area is 163 Å². The highest BCUT2D eigenvalue weighted by Crippen LogP contribution is 2.48. The average molecular weight is 366 g/mol. The minimum Gasteiger partial charge on any atom is -0.347 e. The Balaban J connectivity index is 1.28. The molecule has 0 atom stereocenters. The molecular formula is C22H31N5. The molecule has 1 aliphatic carbocycles. The van der Waals surface area contributed by atoms with Gasteiger partial charge in [-0.05, 0) is 25.3 Å². The molecule has 2 fully saturated rings. The molecule has 0 amide bonds. The van der Waals surface area contributed by atoms with Gasteiger partial charge < -0.3 is 4.90 Å². The Hall–Kier alpha value is -1.98. The number of benzene rings is 1. The summed E-state index contributed by atoms with van der Waals surface area (Å²) in [5.41, 5.74) is 4.51. The fourth-order valence-corrected chi connectivity index (χ4v) is 4.05. The van der Waals surface area contributed by atoms with E-state index in [1.165, 1.54) is 36.1 Å². The van der Waals surface area contributed by atoms with Crippen LogP contribution >= 0.6 is 0 Å². The monoisotopic (exact) mass is 365 g/mol. The van der Waals surface area contributed by atoms with Crippen LogP contribution in [0.2, 0.25) is 0 Å². The molecule has 0 unspecified atom stereocenters. The first-order valence-corrected chi connectivity index (χ1v) is 10.0. The summed E-state index contributed by atoms with van der Waals surface area (Å²) < 4.78 is 0. The largest absolute Gasteiger partial charge is 0.347 e. The van der Waals surface area contributed by atoms with E-state index >= 15 is 0 Å². The molecule has 1 aliphatic heterocycles. The van der Waals surface area contributed by atoms with E-state index in [4.69, 9.17) is 0 Å². The third kappa shape index (κ3) is 4.30. The number of hydrogen-bond acceptors (Lipinski definition) is 5. The molecule has 0 bridgehead atoms. The van der Waals surface area contributed by atoms with Gasteiger partial charge in [-0.1, -0.05) is 29.8 Å². The summed E-state index contributed by atoms with van der Waals surface area (Å²) in [6, 6.07) is 9.21. The van der Waals surface area contributed by atoms with E-state index in [-0.39, 0.29) is 0 Å². The van der Waals surface area contributed by atoms with Gasteiger partial charge in [-0.3, -0.25) is 9.80 Å². The second-order valence-electron chi connectivity index (χ2n) is 8.48. The summed E-state index contributed by atoms with van der Waals surface area (Å²) in [6.45, 7) is 8.89. The summed E-state index contributed by atoms with van der Waals surface area (Å²) in [4.78, 5) is 16.0. The van der Waals surface area contributed by atoms with Crippen LogP contribution in [-0.2, 0) is 12.0 Å². The first-order valence-electron chi connectivity index (χ1n) is 10.0. The number of piperazine rings is 1. The highest BCUT2D eigenvalue weighted by Gasteiger charge is 2.45. The standard InChI is InChI=1S/C22H31N5/c1-18-4-6-20(7-5-18)22(8-9-22)17-27-12-10-26(11-13-27)16-19-14-23-21(24-15-19)25(2)3/h4-7,14-15H,8-13,16-17H2,1-3H3. The van der Waals surface area contributed by atoms with Crippen LogP contribution in [0.1, 0.15) is 29.5 Å². The third-order valence-corrected chi connectivity index (χ3v) is 6.01. The maximum absolute atomic E-state index is 4.43. The summed E-state index contributed by atoms with van der Waals surface area (Å²) in [6.07, 6.45) is 6.61. The average Bonchev–Trinajstić information content (AvgIpc) is 3.45. The van der Waals surface area contributed by atoms with Gasteiger partial charge in [0.05, 0.1) is 0 Å². The Kier molecular flexibility index (Phi) is 5.15. The van der Waals surface area contributed by atoms with E-state index in [2.05, 4.69) is 51.0 Å². The number of rotatable bonds is 6. The van der Waals surface area contributed by atoms with Crippen molar-refractivity contribution in [2.75, 3.05) is 51.7 Å². The molecule has 0 radical (unpaired) electrons. The van der Waals surface area contributed by atoms with Crippen LogP contribution in [-0.4, -0.2) is 66.6 Å². The maximum atomic E-state index is 4.43. The van der Waals surface area contributed by atoms with Crippen LogP contribution in [0.3, 0.4) is 0 Å². The number of anilines is 1. The summed E-state index contributed by atoms with van der Waals surface area (Å²) in [5.74, 6) is 0.773. The molecule has 144 valence electrons. The van der Waals surface area contributed by atoms with Crippen molar-refractivity contribution in [2.24, 2.45) is 0 Å². The second-order valence-corrected chi connectivity index (χ2v) is 8.48. The summed E-state index contributed by atoms with van der Waals surface area (Å²) in [5, 5.41) is 0. The van der Waals surface area contributed by atoms with Crippen LogP contribution < -0.4 is 4.90 Å². The van der Waals surface area contributed by atoms with Crippen LogP contribution in [0.25, 0.3) is 0 Å². The fourth-order valence-electron chi connectivity index (χ4n) is 4.05. The molecule has 5 heteroatoms. The van der Waals surface area contributed by atoms with Gasteiger partial charge in [0.1, 0.15) is 0 Å². The van der Waals surface area contributed by atoms with E-state index < -0.39 is 0 Å². The van der Waals surface area contributed by atoms with Gasteiger partial charge in [0.2, 0.25) is 5.95 Å². The lowest BCUT2D eigenvalue weighted by atomic mass is 9.94. The lowest BCUT2D eigenvalue weighted by Crippen LogP contribution is -2.48. The number of hydrogen-bond donors (Lipinski definition) is 0. The van der Waals surface area contributed by atoms with E-state index in [0.29, 0.717) is 5.41 Å². The van der Waals surface area contributed by atoms with E-state index in [9.17, 15) is 0 Å². The summed E-state index contributed by atoms with van der Waals surface area (Å²) in [7, 11) is 3.94. The SMILES string of the molecule is Cc1ccc(C2(CN3CCN(Cc4cnc(N(C)C)nc4)CC3)CC2)cc1. The quantitative estimate of drug-likeness (QED) is 0.787. The molecule has 27 heavy (non-hydrogen) atoms. The molecular weight excluding hydrogens is 334 g/mol. The predicted molar refractivity (Wildman–Crippen MR) is 110 cm³/mol. The highest BCUT2D eigenvalue weighted by atomic mass is 15.3. The molecule has 4 rings (SSSR count). The minimum absolute atomic E-state index is 0.422. The Morgan fingerprint density at radius 3 is 2.07 bits per heavy atom. The Morgan fingerprint density at radius 2 is 1.52 bits per heavy atom. The van der Waals surface area contributed by atoms with Crippen molar-refractivity contribution >= 4 is 5.95 Å². The normalized spacial score (nSPS) is 19.8. The Bertz CT molecular complexity index is 741. The first kappa shape index (κ1) is 18.4. The van der Waals surface area contributed by atoms with Crippen LogP contribution in [0, 0.1) is 6.92 Å². The number of nitrogens with zero attached hydrogens (tertiary/aromatic N) is 5. The van der Waals surface area contributed by atoms with Crippen LogP contribution in [0.5, 0.6) is 0 Å². The maximum Gasteiger partial charge on any atom is 0.224 e. The van der Waals surface area contributed by atoms with Crippen molar-refractivity contribution in [3.05, 3.63) is 53.3 Å². The topological polar surface area (TPSA) is 35.5 Å². The van der Waals surface area contributed by atoms with E-state index in [1.807, 2.05) is 31.4 Å². The lowest BCUT2D eigenvalue weighted by Gasteiger charge is -2.36. The molecule has 1 saturated heterocycles. The van der Waals surface area contributed by atoms with Crippen molar-refractivity contribution in [2.45, 2.75) is 31.7 Å². The van der Waals surface area contributed by atoms with Crippen LogP contribution in [0.4, 0.5) is 5.95 Å². The third-order valence-electron chi connectivity index (χ3n) is 6.01.